The van der Waals surface area contributed by atoms with Crippen LogP contribution in [-0.2, 0) is 19.2 Å². The average Bonchev–Trinajstić information content (AvgIpc) is 3.01. The van der Waals surface area contributed by atoms with Crippen LogP contribution in [0.5, 0.6) is 5.75 Å². The van der Waals surface area contributed by atoms with Gasteiger partial charge < -0.3 is 19.1 Å². The maximum absolute atomic E-state index is 11.5. The molecule has 7 nitrogen and oxygen atoms in total. The number of carbonyl (C=O) groups is 1. The van der Waals surface area contributed by atoms with Crippen LogP contribution in [0, 0.1) is 0 Å². The van der Waals surface area contributed by atoms with Crippen LogP contribution in [0.15, 0.2) is 34.6 Å². The van der Waals surface area contributed by atoms with Crippen LogP contribution in [0.2, 0.25) is 0 Å². The molecule has 0 N–H and O–H groups in total. The predicted octanol–water partition coefficient (Wildman–Crippen LogP) is 1.75. The standard InChI is InChI=1S/C15H18N2O5/c1-3-20-15(18)13-8-12(22-17-13)10-21-14-7-5-4-6-11(14)9-16-19-2/h4-7,9,12H,3,8,10H2,1-2H3/b16-9-/t12-/m1/s1. The van der Waals surface area contributed by atoms with E-state index in [0.717, 1.165) is 5.56 Å². The molecule has 1 aliphatic rings. The van der Waals surface area contributed by atoms with Crippen LogP contribution >= 0.6 is 0 Å². The Labute approximate surface area is 128 Å². The molecule has 1 aromatic rings. The van der Waals surface area contributed by atoms with E-state index in [2.05, 4.69) is 15.1 Å². The monoisotopic (exact) mass is 306 g/mol. The van der Waals surface area contributed by atoms with Crippen molar-refractivity contribution in [2.24, 2.45) is 10.3 Å². The van der Waals surface area contributed by atoms with Gasteiger partial charge in [-0.15, -0.1) is 0 Å². The SMILES string of the molecule is CCOC(=O)C1=NO[C@@H](COc2ccccc2/C=N\OC)C1. The molecular weight excluding hydrogens is 288 g/mol. The summed E-state index contributed by atoms with van der Waals surface area (Å²) in [6, 6.07) is 7.40. The highest BCUT2D eigenvalue weighted by molar-refractivity contribution is 6.36. The highest BCUT2D eigenvalue weighted by Gasteiger charge is 2.27. The van der Waals surface area contributed by atoms with E-state index in [4.69, 9.17) is 14.3 Å². The van der Waals surface area contributed by atoms with Crippen LogP contribution in [-0.4, -0.2) is 44.3 Å². The maximum Gasteiger partial charge on any atom is 0.356 e. The Morgan fingerprint density at radius 3 is 3.09 bits per heavy atom. The summed E-state index contributed by atoms with van der Waals surface area (Å²) in [6.07, 6.45) is 1.62. The van der Waals surface area contributed by atoms with E-state index in [1.807, 2.05) is 24.3 Å². The number of hydrogen-bond acceptors (Lipinski definition) is 7. The number of rotatable bonds is 7. The van der Waals surface area contributed by atoms with Gasteiger partial charge in [0.25, 0.3) is 0 Å². The minimum absolute atomic E-state index is 0.268. The van der Waals surface area contributed by atoms with Gasteiger partial charge in [0.15, 0.2) is 11.8 Å². The summed E-state index contributed by atoms with van der Waals surface area (Å²) in [4.78, 5) is 21.4. The highest BCUT2D eigenvalue weighted by Crippen LogP contribution is 2.19. The van der Waals surface area contributed by atoms with Crippen molar-refractivity contribution in [3.05, 3.63) is 29.8 Å². The second kappa shape index (κ2) is 8.02. The molecule has 2 rings (SSSR count). The van der Waals surface area contributed by atoms with Crippen molar-refractivity contribution in [2.75, 3.05) is 20.3 Å². The molecule has 7 heteroatoms. The first-order valence-corrected chi connectivity index (χ1v) is 6.92. The first kappa shape index (κ1) is 15.8. The van der Waals surface area contributed by atoms with Crippen molar-refractivity contribution in [1.29, 1.82) is 0 Å². The fourth-order valence-corrected chi connectivity index (χ4v) is 1.86. The molecule has 0 amide bonds. The first-order valence-electron chi connectivity index (χ1n) is 6.92. The van der Waals surface area contributed by atoms with Gasteiger partial charge in [-0.2, -0.15) is 0 Å². The van der Waals surface area contributed by atoms with E-state index in [-0.39, 0.29) is 18.4 Å². The molecule has 1 aromatic carbocycles. The molecule has 22 heavy (non-hydrogen) atoms. The minimum atomic E-state index is -0.447. The zero-order chi connectivity index (χ0) is 15.8. The van der Waals surface area contributed by atoms with Gasteiger partial charge in [-0.25, -0.2) is 4.79 Å². The molecule has 0 bridgehead atoms. The molecular formula is C15H18N2O5. The zero-order valence-corrected chi connectivity index (χ0v) is 12.5. The lowest BCUT2D eigenvalue weighted by molar-refractivity contribution is -0.135. The molecule has 0 aliphatic carbocycles. The normalized spacial score (nSPS) is 17.0. The number of esters is 1. The second-order valence-corrected chi connectivity index (χ2v) is 4.46. The summed E-state index contributed by atoms with van der Waals surface area (Å²) >= 11 is 0. The van der Waals surface area contributed by atoms with Gasteiger partial charge in [-0.3, -0.25) is 0 Å². The Bertz CT molecular complexity index is 571. The van der Waals surface area contributed by atoms with E-state index in [9.17, 15) is 4.79 Å². The molecule has 0 unspecified atom stereocenters. The van der Waals surface area contributed by atoms with Gasteiger partial charge in [-0.1, -0.05) is 22.4 Å². The summed E-state index contributed by atoms with van der Waals surface area (Å²) in [7, 11) is 1.47. The van der Waals surface area contributed by atoms with Gasteiger partial charge in [0.1, 0.15) is 19.5 Å². The van der Waals surface area contributed by atoms with E-state index in [1.54, 1.807) is 13.1 Å². The number of hydrogen-bond donors (Lipinski definition) is 0. The van der Waals surface area contributed by atoms with Crippen LogP contribution in [0.1, 0.15) is 18.9 Å². The highest BCUT2D eigenvalue weighted by atomic mass is 16.7. The number of nitrogens with zero attached hydrogens (tertiary/aromatic N) is 2. The molecule has 0 fully saturated rings. The summed E-state index contributed by atoms with van der Waals surface area (Å²) in [5, 5.41) is 7.45. The van der Waals surface area contributed by atoms with Crippen molar-refractivity contribution in [3.8, 4) is 5.75 Å². The smallest absolute Gasteiger partial charge is 0.356 e. The van der Waals surface area contributed by atoms with Gasteiger partial charge in [0, 0.05) is 12.0 Å². The molecule has 0 saturated heterocycles. The van der Waals surface area contributed by atoms with Gasteiger partial charge in [0.05, 0.1) is 12.8 Å². The molecule has 1 heterocycles. The number of carbonyl (C=O) groups excluding carboxylic acids is 1. The quantitative estimate of drug-likeness (QED) is 0.436. The van der Waals surface area contributed by atoms with Gasteiger partial charge in [0.2, 0.25) is 0 Å². The summed E-state index contributed by atoms with van der Waals surface area (Å²) < 4.78 is 10.6. The molecule has 118 valence electrons. The van der Waals surface area contributed by atoms with Crippen molar-refractivity contribution in [1.82, 2.24) is 0 Å². The summed E-state index contributed by atoms with van der Waals surface area (Å²) in [5.41, 5.74) is 1.07. The van der Waals surface area contributed by atoms with E-state index < -0.39 is 5.97 Å². The number of oxime groups is 2. The first-order chi connectivity index (χ1) is 10.7. The van der Waals surface area contributed by atoms with E-state index in [0.29, 0.717) is 18.8 Å². The Kier molecular flexibility index (Phi) is 5.76. The lowest BCUT2D eigenvalue weighted by Crippen LogP contribution is -2.22. The molecule has 0 spiro atoms. The van der Waals surface area contributed by atoms with Crippen molar-refractivity contribution >= 4 is 17.9 Å². The number of ether oxygens (including phenoxy) is 2. The third-order valence-electron chi connectivity index (χ3n) is 2.88. The van der Waals surface area contributed by atoms with Crippen LogP contribution < -0.4 is 4.74 Å². The van der Waals surface area contributed by atoms with Crippen LogP contribution in [0.3, 0.4) is 0 Å². The molecule has 0 radical (unpaired) electrons. The maximum atomic E-state index is 11.5. The minimum Gasteiger partial charge on any atom is -0.489 e. The molecule has 0 aromatic heterocycles. The summed E-state index contributed by atoms with van der Waals surface area (Å²) in [6.45, 7) is 2.32. The van der Waals surface area contributed by atoms with Crippen LogP contribution in [0.25, 0.3) is 0 Å². The third kappa shape index (κ3) is 4.21. The Hall–Kier alpha value is -2.57. The Morgan fingerprint density at radius 1 is 1.50 bits per heavy atom. The van der Waals surface area contributed by atoms with E-state index in [1.165, 1.54) is 7.11 Å². The average molecular weight is 306 g/mol. The fraction of sp³-hybridized carbons (Fsp3) is 0.400. The second-order valence-electron chi connectivity index (χ2n) is 4.46. The van der Waals surface area contributed by atoms with E-state index >= 15 is 0 Å². The van der Waals surface area contributed by atoms with Crippen LogP contribution in [0.4, 0.5) is 0 Å². The molecule has 1 atom stereocenters. The Balaban J connectivity index is 1.88. The number of para-hydroxylation sites is 1. The zero-order valence-electron chi connectivity index (χ0n) is 12.5. The Morgan fingerprint density at radius 2 is 2.32 bits per heavy atom. The fourth-order valence-electron chi connectivity index (χ4n) is 1.86. The lowest BCUT2D eigenvalue weighted by Gasteiger charge is -2.12. The summed E-state index contributed by atoms with van der Waals surface area (Å²) in [5.74, 6) is 0.203. The van der Waals surface area contributed by atoms with Gasteiger partial charge in [-0.05, 0) is 19.1 Å². The van der Waals surface area contributed by atoms with Crippen molar-refractivity contribution < 1.29 is 23.9 Å². The van der Waals surface area contributed by atoms with Gasteiger partial charge >= 0.3 is 5.97 Å². The molecule has 1 aliphatic heterocycles. The largest absolute Gasteiger partial charge is 0.489 e. The topological polar surface area (TPSA) is 78.7 Å². The molecule has 0 saturated carbocycles. The van der Waals surface area contributed by atoms with Crippen molar-refractivity contribution in [2.45, 2.75) is 19.4 Å². The third-order valence-corrected chi connectivity index (χ3v) is 2.88. The van der Waals surface area contributed by atoms with Crippen molar-refractivity contribution in [3.63, 3.8) is 0 Å². The lowest BCUT2D eigenvalue weighted by atomic mass is 10.2. The number of benzene rings is 1. The predicted molar refractivity (Wildman–Crippen MR) is 80.1 cm³/mol.